The van der Waals surface area contributed by atoms with Crippen LogP contribution in [0.2, 0.25) is 20.1 Å². The summed E-state index contributed by atoms with van der Waals surface area (Å²) in [5, 5.41) is 4.28. The van der Waals surface area contributed by atoms with Crippen molar-refractivity contribution in [3.63, 3.8) is 0 Å². The van der Waals surface area contributed by atoms with Crippen LogP contribution in [0.4, 0.5) is 5.69 Å². The molecule has 170 valence electrons. The smallest absolute Gasteiger partial charge is 0.262 e. The molecule has 0 aliphatic carbocycles. The molecule has 1 N–H and O–H groups in total. The molecule has 10 heteroatoms. The Hall–Kier alpha value is -1.96. The molecule has 0 atom stereocenters. The summed E-state index contributed by atoms with van der Waals surface area (Å²) in [5.41, 5.74) is 3.57. The lowest BCUT2D eigenvalue weighted by Gasteiger charge is -2.15. The Balaban J connectivity index is 1.51. The zero-order valence-corrected chi connectivity index (χ0v) is 21.8. The van der Waals surface area contributed by atoms with Crippen LogP contribution in [0.5, 0.6) is 5.75 Å². The number of hydrogen-bond donors (Lipinski definition) is 1. The molecule has 3 aromatic carbocycles. The molecule has 0 saturated carbocycles. The number of fused-ring (bicyclic) bond motifs is 1. The Morgan fingerprint density at radius 2 is 1.73 bits per heavy atom. The van der Waals surface area contributed by atoms with Crippen LogP contribution < -0.4 is 10.1 Å². The van der Waals surface area contributed by atoms with Crippen LogP contribution in [0.1, 0.15) is 11.1 Å². The fourth-order valence-corrected chi connectivity index (χ4v) is 4.53. The number of carbonyl (C=O) groups excluding carboxylic acids is 1. The van der Waals surface area contributed by atoms with Gasteiger partial charge in [-0.2, -0.15) is 0 Å². The third-order valence-electron chi connectivity index (χ3n) is 4.89. The van der Waals surface area contributed by atoms with Crippen molar-refractivity contribution in [2.24, 2.45) is 0 Å². The quantitative estimate of drug-likeness (QED) is 0.254. The van der Waals surface area contributed by atoms with Crippen molar-refractivity contribution < 1.29 is 13.9 Å². The van der Waals surface area contributed by atoms with E-state index in [1.165, 1.54) is 0 Å². The molecule has 0 bridgehead atoms. The second kappa shape index (κ2) is 9.72. The van der Waals surface area contributed by atoms with Crippen molar-refractivity contribution in [3.05, 3.63) is 72.1 Å². The molecule has 4 aromatic rings. The minimum Gasteiger partial charge on any atom is -0.481 e. The molecule has 0 spiro atoms. The van der Waals surface area contributed by atoms with Crippen LogP contribution in [0.3, 0.4) is 0 Å². The third kappa shape index (κ3) is 4.96. The van der Waals surface area contributed by atoms with E-state index < -0.39 is 5.91 Å². The van der Waals surface area contributed by atoms with Gasteiger partial charge in [0.2, 0.25) is 5.89 Å². The third-order valence-corrected chi connectivity index (χ3v) is 7.19. The van der Waals surface area contributed by atoms with Gasteiger partial charge in [-0.05, 0) is 61.4 Å². The Labute approximate surface area is 218 Å². The highest BCUT2D eigenvalue weighted by atomic mass is 79.9. The van der Waals surface area contributed by atoms with E-state index in [9.17, 15) is 4.79 Å². The van der Waals surface area contributed by atoms with Gasteiger partial charge in [-0.1, -0.05) is 62.3 Å². The molecule has 0 radical (unpaired) electrons. The molecule has 0 saturated heterocycles. The van der Waals surface area contributed by atoms with Crippen LogP contribution in [-0.4, -0.2) is 17.5 Å². The lowest BCUT2D eigenvalue weighted by atomic mass is 10.1. The summed E-state index contributed by atoms with van der Waals surface area (Å²) in [6, 6.07) is 10.5. The highest BCUT2D eigenvalue weighted by Gasteiger charge is 2.19. The van der Waals surface area contributed by atoms with Crippen molar-refractivity contribution in [1.29, 1.82) is 0 Å². The number of carbonyl (C=O) groups is 1. The molecule has 0 fully saturated rings. The van der Waals surface area contributed by atoms with Crippen molar-refractivity contribution in [3.8, 4) is 17.2 Å². The number of nitrogens with one attached hydrogen (secondary N) is 1. The Morgan fingerprint density at radius 1 is 1.03 bits per heavy atom. The standard InChI is InChI=1S/C23H15BrCl4N2O3/c1-10-19(26)11(2)21(28)22(20(10)27)32-9-18(31)29-13-4-6-17-16(8-13)30-23(33-17)14-7-12(24)3-5-15(14)25/h3-8H,9H2,1-2H3,(H,29,31). The van der Waals surface area contributed by atoms with Gasteiger partial charge in [0.05, 0.1) is 20.6 Å². The average Bonchev–Trinajstić information content (AvgIpc) is 3.21. The van der Waals surface area contributed by atoms with E-state index in [4.69, 9.17) is 55.6 Å². The first-order valence-corrected chi connectivity index (χ1v) is 11.9. The Morgan fingerprint density at radius 3 is 2.42 bits per heavy atom. The number of rotatable bonds is 5. The Kier molecular flexibility index (Phi) is 7.12. The van der Waals surface area contributed by atoms with Gasteiger partial charge in [0.15, 0.2) is 17.9 Å². The summed E-state index contributed by atoms with van der Waals surface area (Å²) in [4.78, 5) is 17.0. The molecular formula is C23H15BrCl4N2O3. The van der Waals surface area contributed by atoms with Gasteiger partial charge in [0, 0.05) is 15.2 Å². The van der Waals surface area contributed by atoms with Crippen LogP contribution in [-0.2, 0) is 4.79 Å². The molecule has 33 heavy (non-hydrogen) atoms. The lowest BCUT2D eigenvalue weighted by molar-refractivity contribution is -0.118. The molecular weight excluding hydrogens is 574 g/mol. The van der Waals surface area contributed by atoms with Crippen LogP contribution >= 0.6 is 62.3 Å². The second-order valence-corrected chi connectivity index (χ2v) is 9.64. The fourth-order valence-electron chi connectivity index (χ4n) is 3.15. The molecule has 1 amide bonds. The summed E-state index contributed by atoms with van der Waals surface area (Å²) in [7, 11) is 0. The van der Waals surface area contributed by atoms with Gasteiger partial charge in [0.1, 0.15) is 5.52 Å². The van der Waals surface area contributed by atoms with Crippen molar-refractivity contribution in [2.45, 2.75) is 13.8 Å². The molecule has 0 aliphatic heterocycles. The number of ether oxygens (including phenoxy) is 1. The van der Waals surface area contributed by atoms with Crippen molar-refractivity contribution in [2.75, 3.05) is 11.9 Å². The van der Waals surface area contributed by atoms with E-state index >= 15 is 0 Å². The number of aromatic nitrogens is 1. The van der Waals surface area contributed by atoms with E-state index in [1.54, 1.807) is 38.1 Å². The number of halogens is 5. The number of hydrogen-bond acceptors (Lipinski definition) is 4. The Bertz CT molecular complexity index is 1380. The maximum atomic E-state index is 12.5. The van der Waals surface area contributed by atoms with Gasteiger partial charge in [0.25, 0.3) is 5.91 Å². The number of benzene rings is 3. The minimum absolute atomic E-state index is 0.218. The summed E-state index contributed by atoms with van der Waals surface area (Å²) in [6.45, 7) is 3.21. The van der Waals surface area contributed by atoms with E-state index in [1.807, 2.05) is 12.1 Å². The summed E-state index contributed by atoms with van der Waals surface area (Å²) in [5.74, 6) is 0.196. The number of anilines is 1. The number of nitrogens with zero attached hydrogens (tertiary/aromatic N) is 1. The minimum atomic E-state index is -0.398. The van der Waals surface area contributed by atoms with Gasteiger partial charge < -0.3 is 14.5 Å². The maximum Gasteiger partial charge on any atom is 0.262 e. The van der Waals surface area contributed by atoms with Crippen LogP contribution in [0, 0.1) is 13.8 Å². The maximum absolute atomic E-state index is 12.5. The van der Waals surface area contributed by atoms with E-state index in [2.05, 4.69) is 26.2 Å². The zero-order valence-electron chi connectivity index (χ0n) is 17.2. The highest BCUT2D eigenvalue weighted by molar-refractivity contribution is 9.10. The van der Waals surface area contributed by atoms with E-state index in [0.29, 0.717) is 49.4 Å². The summed E-state index contributed by atoms with van der Waals surface area (Å²) in [6.07, 6.45) is 0. The molecule has 4 rings (SSSR count). The predicted octanol–water partition coefficient (Wildman–Crippen LogP) is 8.51. The van der Waals surface area contributed by atoms with Crippen molar-refractivity contribution in [1.82, 2.24) is 4.98 Å². The predicted molar refractivity (Wildman–Crippen MR) is 137 cm³/mol. The van der Waals surface area contributed by atoms with Crippen LogP contribution in [0.25, 0.3) is 22.6 Å². The number of amides is 1. The molecule has 0 aliphatic rings. The summed E-state index contributed by atoms with van der Waals surface area (Å²) < 4.78 is 12.3. The van der Waals surface area contributed by atoms with Gasteiger partial charge >= 0.3 is 0 Å². The highest BCUT2D eigenvalue weighted by Crippen LogP contribution is 2.42. The first kappa shape index (κ1) is 24.2. The summed E-state index contributed by atoms with van der Waals surface area (Å²) >= 11 is 28.5. The van der Waals surface area contributed by atoms with Crippen molar-refractivity contribution >= 4 is 85.0 Å². The number of oxazole rings is 1. The van der Waals surface area contributed by atoms with E-state index in [-0.39, 0.29) is 22.4 Å². The normalized spacial score (nSPS) is 11.1. The van der Waals surface area contributed by atoms with Gasteiger partial charge in [-0.15, -0.1) is 0 Å². The largest absolute Gasteiger partial charge is 0.481 e. The fraction of sp³-hybridized carbons (Fsp3) is 0.130. The van der Waals surface area contributed by atoms with E-state index in [0.717, 1.165) is 4.47 Å². The first-order chi connectivity index (χ1) is 15.7. The first-order valence-electron chi connectivity index (χ1n) is 9.58. The monoisotopic (exact) mass is 586 g/mol. The van der Waals surface area contributed by atoms with Gasteiger partial charge in [-0.3, -0.25) is 4.79 Å². The molecule has 1 aromatic heterocycles. The SMILES string of the molecule is Cc1c(Cl)c(C)c(Cl)c(OCC(=O)Nc2ccc3oc(-c4cc(Br)ccc4Cl)nc3c2)c1Cl. The lowest BCUT2D eigenvalue weighted by Crippen LogP contribution is -2.20. The van der Waals surface area contributed by atoms with Gasteiger partial charge in [-0.25, -0.2) is 4.98 Å². The molecule has 1 heterocycles. The second-order valence-electron chi connectivity index (χ2n) is 7.18. The topological polar surface area (TPSA) is 64.4 Å². The molecule has 0 unspecified atom stereocenters. The molecule has 5 nitrogen and oxygen atoms in total. The zero-order chi connectivity index (χ0) is 23.9. The van der Waals surface area contributed by atoms with Crippen LogP contribution in [0.15, 0.2) is 45.3 Å². The average molecular weight is 589 g/mol.